The zero-order valence-electron chi connectivity index (χ0n) is 16.1. The summed E-state index contributed by atoms with van der Waals surface area (Å²) in [5, 5.41) is 16.3. The molecular weight excluding hydrogens is 499 g/mol. The molecule has 0 bridgehead atoms. The van der Waals surface area contributed by atoms with Crippen molar-refractivity contribution in [1.82, 2.24) is 15.4 Å². The van der Waals surface area contributed by atoms with Gasteiger partial charge in [-0.25, -0.2) is 4.79 Å². The van der Waals surface area contributed by atoms with E-state index in [1.54, 1.807) is 39.0 Å². The summed E-state index contributed by atoms with van der Waals surface area (Å²) in [6.07, 6.45) is 0. The summed E-state index contributed by atoms with van der Waals surface area (Å²) in [5.74, 6) is -1.84. The summed E-state index contributed by atoms with van der Waals surface area (Å²) in [7, 11) is 0. The zero-order chi connectivity index (χ0) is 22.0. The third kappa shape index (κ3) is 4.53. The molecular formula is C19H19Cl2N3Na2O5S. The molecule has 2 N–H and O–H groups in total. The number of carbonyl (C=O) groups excluding carboxylic acids is 2. The third-order valence-electron chi connectivity index (χ3n) is 5.25. The molecule has 1 aromatic carbocycles. The molecule has 3 atom stereocenters. The molecule has 8 nitrogen and oxygen atoms in total. The zero-order valence-corrected chi connectivity index (χ0v) is 18.4. The van der Waals surface area contributed by atoms with E-state index < -0.39 is 40.0 Å². The predicted octanol–water partition coefficient (Wildman–Crippen LogP) is 1.91. The third-order valence-corrected chi connectivity index (χ3v) is 7.45. The number of rotatable bonds is 4. The first-order valence-corrected chi connectivity index (χ1v) is 10.6. The summed E-state index contributed by atoms with van der Waals surface area (Å²) in [5.41, 5.74) is 0.645. The van der Waals surface area contributed by atoms with Crippen molar-refractivity contribution in [3.8, 4) is 11.3 Å². The molecule has 0 radical (unpaired) electrons. The molecule has 2 aromatic rings. The Morgan fingerprint density at radius 3 is 2.41 bits per heavy atom. The number of aliphatic carboxylic acids is 1. The van der Waals surface area contributed by atoms with Gasteiger partial charge in [0.25, 0.3) is 5.91 Å². The Hall–Kier alpha value is -0.230. The number of β-lactam (4-membered cyclic amide) rings is 1. The molecule has 4 rings (SSSR count). The van der Waals surface area contributed by atoms with Crippen molar-refractivity contribution < 1.29 is 24.0 Å². The van der Waals surface area contributed by atoms with Crippen LogP contribution in [-0.4, -0.2) is 114 Å². The van der Waals surface area contributed by atoms with E-state index in [0.717, 1.165) is 0 Å². The van der Waals surface area contributed by atoms with Gasteiger partial charge in [0.05, 0.1) is 10.0 Å². The number of carboxylic acid groups (broad SMARTS) is 1. The molecule has 2 aliphatic rings. The number of aromatic nitrogens is 1. The fourth-order valence-electron chi connectivity index (χ4n) is 3.89. The van der Waals surface area contributed by atoms with Crippen LogP contribution in [0.15, 0.2) is 22.7 Å². The maximum atomic E-state index is 13.1. The predicted molar refractivity (Wildman–Crippen MR) is 126 cm³/mol. The molecule has 0 aliphatic carbocycles. The first-order chi connectivity index (χ1) is 14.0. The Morgan fingerprint density at radius 1 is 1.25 bits per heavy atom. The SMILES string of the molecule is Cc1onc(-c2c(Cl)cccc2Cl)c1C(=O)N[C@@H]1C(=O)N2[C@@H]1SC(C)(C)[C@@H]2C(=O)O.[NaH].[NaH]. The van der Waals surface area contributed by atoms with Gasteiger partial charge >= 0.3 is 65.1 Å². The van der Waals surface area contributed by atoms with Crippen molar-refractivity contribution in [1.29, 1.82) is 0 Å². The number of hydrogen-bond donors (Lipinski definition) is 2. The van der Waals surface area contributed by atoms with E-state index in [1.165, 1.54) is 16.7 Å². The number of carbonyl (C=O) groups is 3. The molecule has 2 fully saturated rings. The van der Waals surface area contributed by atoms with Crippen molar-refractivity contribution >= 4 is 112 Å². The van der Waals surface area contributed by atoms with Gasteiger partial charge in [-0.1, -0.05) is 34.4 Å². The van der Waals surface area contributed by atoms with Gasteiger partial charge in [-0.3, -0.25) is 9.59 Å². The molecule has 3 heterocycles. The molecule has 0 unspecified atom stereocenters. The van der Waals surface area contributed by atoms with Crippen LogP contribution in [0.25, 0.3) is 11.3 Å². The van der Waals surface area contributed by atoms with E-state index in [-0.39, 0.29) is 76.1 Å². The summed E-state index contributed by atoms with van der Waals surface area (Å²) in [6, 6.07) is 3.09. The number of fused-ring (bicyclic) bond motifs is 1. The molecule has 2 saturated heterocycles. The van der Waals surface area contributed by atoms with Gasteiger partial charge in [-0.2, -0.15) is 0 Å². The van der Waals surface area contributed by atoms with Crippen molar-refractivity contribution in [3.63, 3.8) is 0 Å². The van der Waals surface area contributed by atoms with Crippen LogP contribution in [0.2, 0.25) is 10.0 Å². The number of carboxylic acids is 1. The molecule has 162 valence electrons. The second-order valence-corrected chi connectivity index (χ2v) is 10.2. The molecule has 2 amide bonds. The van der Waals surface area contributed by atoms with E-state index in [1.807, 2.05) is 0 Å². The second-order valence-electron chi connectivity index (χ2n) is 7.61. The van der Waals surface area contributed by atoms with Gasteiger partial charge < -0.3 is 19.8 Å². The molecule has 2 aliphatic heterocycles. The standard InChI is InChI=1S/C19H17Cl2N3O5S.2Na.2H/c1-7-10(12(23-29-7)11-8(20)5-4-6-9(11)21)15(25)22-13-16(26)24-14(18(27)28)19(2,3)30-17(13)24;;;;/h4-6,13-14,17H,1-3H3,(H,22,25)(H,27,28);;;;/t13-,14+,17-;;;;/m1..../s1. The Morgan fingerprint density at radius 2 is 1.84 bits per heavy atom. The van der Waals surface area contributed by atoms with E-state index >= 15 is 0 Å². The van der Waals surface area contributed by atoms with Crippen LogP contribution in [0.1, 0.15) is 30.0 Å². The number of thioether (sulfide) groups is 1. The maximum absolute atomic E-state index is 13.1. The number of benzene rings is 1. The van der Waals surface area contributed by atoms with Crippen molar-refractivity contribution in [2.75, 3.05) is 0 Å². The molecule has 32 heavy (non-hydrogen) atoms. The average molecular weight is 518 g/mol. The van der Waals surface area contributed by atoms with Crippen LogP contribution in [0.5, 0.6) is 0 Å². The molecule has 0 spiro atoms. The Kier molecular flexibility index (Phi) is 8.91. The second kappa shape index (κ2) is 10.2. The average Bonchev–Trinajstić information content (AvgIpc) is 3.14. The summed E-state index contributed by atoms with van der Waals surface area (Å²) >= 11 is 13.8. The van der Waals surface area contributed by atoms with Gasteiger partial charge in [0.1, 0.15) is 34.5 Å². The van der Waals surface area contributed by atoms with Crippen LogP contribution >= 0.6 is 35.0 Å². The quantitative estimate of drug-likeness (QED) is 0.470. The fraction of sp³-hybridized carbons (Fsp3) is 0.368. The molecule has 1 aromatic heterocycles. The number of nitrogens with zero attached hydrogens (tertiary/aromatic N) is 2. The number of nitrogens with one attached hydrogen (secondary N) is 1. The summed E-state index contributed by atoms with van der Waals surface area (Å²) in [6.45, 7) is 5.10. The topological polar surface area (TPSA) is 113 Å². The Balaban J connectivity index is 0.00000181. The van der Waals surface area contributed by atoms with Gasteiger partial charge in [-0.05, 0) is 32.9 Å². The summed E-state index contributed by atoms with van der Waals surface area (Å²) in [4.78, 5) is 38.7. The van der Waals surface area contributed by atoms with E-state index in [4.69, 9.17) is 27.7 Å². The monoisotopic (exact) mass is 517 g/mol. The van der Waals surface area contributed by atoms with Gasteiger partial charge in [-0.15, -0.1) is 11.8 Å². The van der Waals surface area contributed by atoms with E-state index in [9.17, 15) is 19.5 Å². The first kappa shape index (κ1) is 28.0. The van der Waals surface area contributed by atoms with Crippen LogP contribution in [0.3, 0.4) is 0 Å². The number of halogens is 2. The first-order valence-electron chi connectivity index (χ1n) is 8.99. The number of amides is 2. The number of aryl methyl sites for hydroxylation is 1. The van der Waals surface area contributed by atoms with Crippen molar-refractivity contribution in [2.24, 2.45) is 0 Å². The Labute approximate surface area is 242 Å². The van der Waals surface area contributed by atoms with Gasteiger partial charge in [0, 0.05) is 10.3 Å². The van der Waals surface area contributed by atoms with E-state index in [2.05, 4.69) is 10.5 Å². The minimum absolute atomic E-state index is 0. The van der Waals surface area contributed by atoms with Crippen LogP contribution < -0.4 is 5.32 Å². The van der Waals surface area contributed by atoms with Crippen LogP contribution in [-0.2, 0) is 9.59 Å². The molecule has 0 saturated carbocycles. The van der Waals surface area contributed by atoms with Crippen molar-refractivity contribution in [2.45, 2.75) is 43.0 Å². The number of hydrogen-bond acceptors (Lipinski definition) is 6. The van der Waals surface area contributed by atoms with Crippen LogP contribution in [0.4, 0.5) is 0 Å². The Bertz CT molecular complexity index is 1080. The summed E-state index contributed by atoms with van der Waals surface area (Å²) < 4.78 is 4.52. The van der Waals surface area contributed by atoms with Crippen molar-refractivity contribution in [3.05, 3.63) is 39.6 Å². The normalized spacial score (nSPS) is 22.8. The van der Waals surface area contributed by atoms with Gasteiger partial charge in [0.15, 0.2) is 0 Å². The fourth-order valence-corrected chi connectivity index (χ4v) is 6.09. The minimum atomic E-state index is -1.07. The van der Waals surface area contributed by atoms with Crippen LogP contribution in [0, 0.1) is 6.92 Å². The van der Waals surface area contributed by atoms with Gasteiger partial charge in [0.2, 0.25) is 5.91 Å². The van der Waals surface area contributed by atoms with E-state index in [0.29, 0.717) is 15.6 Å². The molecule has 13 heteroatoms.